The molecule has 2 N–H and O–H groups in total. The minimum atomic E-state index is 0.525. The van der Waals surface area contributed by atoms with Crippen LogP contribution in [0.25, 0.3) is 17.0 Å². The van der Waals surface area contributed by atoms with Gasteiger partial charge < -0.3 is 5.73 Å². The Morgan fingerprint density at radius 2 is 1.80 bits per heavy atom. The molecule has 0 aliphatic carbocycles. The zero-order valence-corrected chi connectivity index (χ0v) is 12.0. The number of benzene rings is 1. The average Bonchev–Trinajstić information content (AvgIpc) is 2.82. The third kappa shape index (κ3) is 2.03. The maximum atomic E-state index is 5.99. The molecule has 20 heavy (non-hydrogen) atoms. The van der Waals surface area contributed by atoms with E-state index in [1.165, 1.54) is 5.56 Å². The second-order valence-corrected chi connectivity index (χ2v) is 5.47. The Bertz CT molecular complexity index is 754. The average molecular weight is 266 g/mol. The summed E-state index contributed by atoms with van der Waals surface area (Å²) >= 11 is 0. The molecular weight excluding hydrogens is 248 g/mol. The van der Waals surface area contributed by atoms with Gasteiger partial charge in [0.15, 0.2) is 11.5 Å². The molecule has 0 saturated carbocycles. The van der Waals surface area contributed by atoms with Gasteiger partial charge in [0.05, 0.1) is 5.69 Å². The largest absolute Gasteiger partial charge is 0.396 e. The topological polar surface area (TPSA) is 56.2 Å². The molecule has 0 amide bonds. The monoisotopic (exact) mass is 266 g/mol. The Kier molecular flexibility index (Phi) is 2.93. The molecule has 0 radical (unpaired) electrons. The van der Waals surface area contributed by atoms with Crippen LogP contribution < -0.4 is 5.73 Å². The van der Waals surface area contributed by atoms with Crippen molar-refractivity contribution in [2.24, 2.45) is 0 Å². The van der Waals surface area contributed by atoms with Crippen molar-refractivity contribution in [2.75, 3.05) is 5.73 Å². The Balaban J connectivity index is 2.14. The number of aromatic nitrogens is 3. The molecule has 0 bridgehead atoms. The molecule has 2 aromatic heterocycles. The first-order valence-corrected chi connectivity index (χ1v) is 6.77. The van der Waals surface area contributed by atoms with Crippen LogP contribution in [0.15, 0.2) is 36.5 Å². The van der Waals surface area contributed by atoms with Crippen LogP contribution in [0.4, 0.5) is 5.69 Å². The highest BCUT2D eigenvalue weighted by atomic mass is 15.2. The highest BCUT2D eigenvalue weighted by molar-refractivity contribution is 5.69. The fraction of sp³-hybridized carbons (Fsp3) is 0.250. The maximum absolute atomic E-state index is 5.99. The van der Waals surface area contributed by atoms with Gasteiger partial charge in [-0.2, -0.15) is 0 Å². The van der Waals surface area contributed by atoms with Crippen LogP contribution in [0.2, 0.25) is 0 Å². The first-order chi connectivity index (χ1) is 9.56. The van der Waals surface area contributed by atoms with Crippen molar-refractivity contribution in [3.8, 4) is 11.4 Å². The number of anilines is 1. The molecular formula is C16H18N4. The van der Waals surface area contributed by atoms with Gasteiger partial charge in [-0.3, -0.25) is 4.40 Å². The fourth-order valence-corrected chi connectivity index (χ4v) is 2.38. The van der Waals surface area contributed by atoms with Gasteiger partial charge in [-0.05, 0) is 30.0 Å². The van der Waals surface area contributed by atoms with E-state index < -0.39 is 0 Å². The Labute approximate surface area is 118 Å². The van der Waals surface area contributed by atoms with Crippen molar-refractivity contribution in [3.05, 3.63) is 47.7 Å². The SMILES string of the molecule is Cc1cc(N)c2nnc(-c3ccc(C(C)C)cc3)n2c1. The van der Waals surface area contributed by atoms with Gasteiger partial charge in [0.25, 0.3) is 0 Å². The van der Waals surface area contributed by atoms with Crippen molar-refractivity contribution in [3.63, 3.8) is 0 Å². The maximum Gasteiger partial charge on any atom is 0.184 e. The van der Waals surface area contributed by atoms with Crippen LogP contribution in [-0.4, -0.2) is 14.6 Å². The van der Waals surface area contributed by atoms with Crippen molar-refractivity contribution in [1.29, 1.82) is 0 Å². The van der Waals surface area contributed by atoms with Crippen molar-refractivity contribution in [2.45, 2.75) is 26.7 Å². The van der Waals surface area contributed by atoms with Gasteiger partial charge >= 0.3 is 0 Å². The van der Waals surface area contributed by atoms with Gasteiger partial charge in [-0.25, -0.2) is 0 Å². The predicted molar refractivity (Wildman–Crippen MR) is 81.7 cm³/mol. The van der Waals surface area contributed by atoms with Crippen molar-refractivity contribution < 1.29 is 0 Å². The van der Waals surface area contributed by atoms with Crippen LogP contribution >= 0.6 is 0 Å². The third-order valence-corrected chi connectivity index (χ3v) is 3.51. The predicted octanol–water partition coefficient (Wildman–Crippen LogP) is 3.41. The zero-order chi connectivity index (χ0) is 14.3. The molecule has 102 valence electrons. The molecule has 3 aromatic rings. The molecule has 0 unspecified atom stereocenters. The number of aryl methyl sites for hydroxylation is 1. The molecule has 0 fully saturated rings. The number of nitrogens with zero attached hydrogens (tertiary/aromatic N) is 3. The minimum Gasteiger partial charge on any atom is -0.396 e. The fourth-order valence-electron chi connectivity index (χ4n) is 2.38. The summed E-state index contributed by atoms with van der Waals surface area (Å²) < 4.78 is 1.95. The van der Waals surface area contributed by atoms with Gasteiger partial charge in [-0.15, -0.1) is 10.2 Å². The summed E-state index contributed by atoms with van der Waals surface area (Å²) in [5, 5.41) is 8.46. The molecule has 2 heterocycles. The zero-order valence-electron chi connectivity index (χ0n) is 12.0. The first kappa shape index (κ1) is 12.7. The van der Waals surface area contributed by atoms with Crippen LogP contribution in [0.1, 0.15) is 30.9 Å². The Hall–Kier alpha value is -2.36. The van der Waals surface area contributed by atoms with E-state index in [0.29, 0.717) is 17.3 Å². The molecule has 3 rings (SSSR count). The summed E-state index contributed by atoms with van der Waals surface area (Å²) in [4.78, 5) is 0. The van der Waals surface area contributed by atoms with Crippen LogP contribution in [0.3, 0.4) is 0 Å². The number of fused-ring (bicyclic) bond motifs is 1. The number of rotatable bonds is 2. The second kappa shape index (κ2) is 4.63. The molecule has 0 saturated heterocycles. The van der Waals surface area contributed by atoms with Crippen LogP contribution in [0.5, 0.6) is 0 Å². The number of hydrogen-bond donors (Lipinski definition) is 1. The summed E-state index contributed by atoms with van der Waals surface area (Å²) in [5.74, 6) is 1.35. The number of hydrogen-bond acceptors (Lipinski definition) is 3. The lowest BCUT2D eigenvalue weighted by Gasteiger charge is -2.07. The molecule has 0 aliphatic heterocycles. The lowest BCUT2D eigenvalue weighted by atomic mass is 10.0. The molecule has 4 nitrogen and oxygen atoms in total. The molecule has 0 spiro atoms. The van der Waals surface area contributed by atoms with E-state index in [2.05, 4.69) is 48.3 Å². The van der Waals surface area contributed by atoms with E-state index in [1.54, 1.807) is 0 Å². The van der Waals surface area contributed by atoms with Gasteiger partial charge in [0.1, 0.15) is 0 Å². The van der Waals surface area contributed by atoms with Crippen LogP contribution in [-0.2, 0) is 0 Å². The minimum absolute atomic E-state index is 0.525. The standard InChI is InChI=1S/C16H18N4/c1-10(2)12-4-6-13(7-5-12)15-18-19-16-14(17)8-11(3)9-20(15)16/h4-10H,17H2,1-3H3. The molecule has 4 heteroatoms. The molecule has 1 aromatic carbocycles. The van der Waals surface area contributed by atoms with Crippen molar-refractivity contribution >= 4 is 11.3 Å². The van der Waals surface area contributed by atoms with E-state index in [0.717, 1.165) is 17.0 Å². The number of pyridine rings is 1. The second-order valence-electron chi connectivity index (χ2n) is 5.47. The Morgan fingerprint density at radius 1 is 1.10 bits per heavy atom. The number of nitrogen functional groups attached to an aromatic ring is 1. The van der Waals surface area contributed by atoms with E-state index in [-0.39, 0.29) is 0 Å². The lowest BCUT2D eigenvalue weighted by molar-refractivity contribution is 0.867. The number of nitrogens with two attached hydrogens (primary N) is 1. The van der Waals surface area contributed by atoms with E-state index in [4.69, 9.17) is 5.73 Å². The smallest absolute Gasteiger partial charge is 0.184 e. The summed E-state index contributed by atoms with van der Waals surface area (Å²) in [6.45, 7) is 6.39. The van der Waals surface area contributed by atoms with Gasteiger partial charge in [0, 0.05) is 11.8 Å². The van der Waals surface area contributed by atoms with E-state index >= 15 is 0 Å². The highest BCUT2D eigenvalue weighted by Crippen LogP contribution is 2.24. The third-order valence-electron chi connectivity index (χ3n) is 3.51. The quantitative estimate of drug-likeness (QED) is 0.773. The van der Waals surface area contributed by atoms with Crippen molar-refractivity contribution in [1.82, 2.24) is 14.6 Å². The summed E-state index contributed by atoms with van der Waals surface area (Å²) in [7, 11) is 0. The van der Waals surface area contributed by atoms with E-state index in [9.17, 15) is 0 Å². The van der Waals surface area contributed by atoms with Gasteiger partial charge in [0.2, 0.25) is 0 Å². The Morgan fingerprint density at radius 3 is 2.45 bits per heavy atom. The molecule has 0 aliphatic rings. The van der Waals surface area contributed by atoms with E-state index in [1.807, 2.05) is 23.6 Å². The highest BCUT2D eigenvalue weighted by Gasteiger charge is 2.11. The summed E-state index contributed by atoms with van der Waals surface area (Å²) in [5.41, 5.74) is 10.8. The van der Waals surface area contributed by atoms with Crippen LogP contribution in [0, 0.1) is 6.92 Å². The summed E-state index contributed by atoms with van der Waals surface area (Å²) in [6.07, 6.45) is 2.01. The summed E-state index contributed by atoms with van der Waals surface area (Å²) in [6, 6.07) is 10.4. The van der Waals surface area contributed by atoms with Gasteiger partial charge in [-0.1, -0.05) is 38.1 Å². The lowest BCUT2D eigenvalue weighted by Crippen LogP contribution is -1.96. The normalized spacial score (nSPS) is 11.4. The first-order valence-electron chi connectivity index (χ1n) is 6.77. The molecule has 0 atom stereocenters.